The Labute approximate surface area is 166 Å². The molecule has 3 aromatic rings. The van der Waals surface area contributed by atoms with Crippen LogP contribution in [0, 0.1) is 5.82 Å². The molecule has 0 unspecified atom stereocenters. The number of nitrogens with zero attached hydrogens (tertiary/aromatic N) is 2. The van der Waals surface area contributed by atoms with E-state index in [2.05, 4.69) is 10.3 Å². The summed E-state index contributed by atoms with van der Waals surface area (Å²) in [6, 6.07) is 15.5. The molecular formula is C21H17ClFN3O2. The van der Waals surface area contributed by atoms with Gasteiger partial charge in [0.15, 0.2) is 0 Å². The standard InChI is InChI=1S/C21H17ClFN3O2/c1-26(21(28)14-8-10-16(23)11-9-14)13-15-5-4-6-17(22)19(15)25-20(27)18-7-2-3-12-24-18/h2-12H,13H2,1H3,(H,25,27). The number of rotatable bonds is 5. The Bertz CT molecular complexity index is 994. The molecule has 28 heavy (non-hydrogen) atoms. The molecule has 0 radical (unpaired) electrons. The Morgan fingerprint density at radius 2 is 1.82 bits per heavy atom. The predicted molar refractivity (Wildman–Crippen MR) is 106 cm³/mol. The van der Waals surface area contributed by atoms with E-state index in [9.17, 15) is 14.0 Å². The van der Waals surface area contributed by atoms with E-state index < -0.39 is 11.7 Å². The fourth-order valence-corrected chi connectivity index (χ4v) is 2.90. The summed E-state index contributed by atoms with van der Waals surface area (Å²) >= 11 is 6.28. The zero-order chi connectivity index (χ0) is 20.1. The zero-order valence-electron chi connectivity index (χ0n) is 15.0. The maximum atomic E-state index is 13.1. The van der Waals surface area contributed by atoms with Crippen LogP contribution in [0.25, 0.3) is 0 Å². The van der Waals surface area contributed by atoms with Crippen LogP contribution < -0.4 is 5.32 Å². The van der Waals surface area contributed by atoms with Crippen molar-refractivity contribution in [1.82, 2.24) is 9.88 Å². The van der Waals surface area contributed by atoms with Crippen LogP contribution in [-0.4, -0.2) is 28.7 Å². The average Bonchev–Trinajstić information content (AvgIpc) is 2.71. The molecule has 1 heterocycles. The fraction of sp³-hybridized carbons (Fsp3) is 0.0952. The monoisotopic (exact) mass is 397 g/mol. The zero-order valence-corrected chi connectivity index (χ0v) is 15.8. The summed E-state index contributed by atoms with van der Waals surface area (Å²) in [6.07, 6.45) is 1.53. The van der Waals surface area contributed by atoms with Crippen LogP contribution in [0.1, 0.15) is 26.4 Å². The Balaban J connectivity index is 1.80. The second-order valence-electron chi connectivity index (χ2n) is 6.11. The van der Waals surface area contributed by atoms with Gasteiger partial charge in [-0.3, -0.25) is 14.6 Å². The number of para-hydroxylation sites is 1. The first-order valence-electron chi connectivity index (χ1n) is 8.46. The van der Waals surface area contributed by atoms with Crippen molar-refractivity contribution in [3.63, 3.8) is 0 Å². The van der Waals surface area contributed by atoms with Gasteiger partial charge < -0.3 is 10.2 Å². The number of aromatic nitrogens is 1. The van der Waals surface area contributed by atoms with Crippen molar-refractivity contribution in [2.45, 2.75) is 6.54 Å². The molecule has 0 atom stereocenters. The minimum absolute atomic E-state index is 0.203. The summed E-state index contributed by atoms with van der Waals surface area (Å²) in [7, 11) is 1.62. The van der Waals surface area contributed by atoms with E-state index in [0.29, 0.717) is 21.8 Å². The molecule has 0 aliphatic heterocycles. The first kappa shape index (κ1) is 19.5. The molecule has 3 rings (SSSR count). The van der Waals surface area contributed by atoms with Crippen LogP contribution in [0.3, 0.4) is 0 Å². The molecule has 5 nitrogen and oxygen atoms in total. The van der Waals surface area contributed by atoms with Gasteiger partial charge in [0.1, 0.15) is 11.5 Å². The Morgan fingerprint density at radius 3 is 2.50 bits per heavy atom. The van der Waals surface area contributed by atoms with Crippen LogP contribution in [0.4, 0.5) is 10.1 Å². The number of amides is 2. The van der Waals surface area contributed by atoms with Gasteiger partial charge in [-0.2, -0.15) is 0 Å². The number of benzene rings is 2. The Morgan fingerprint density at radius 1 is 1.07 bits per heavy atom. The molecule has 1 N–H and O–H groups in total. The van der Waals surface area contributed by atoms with Crippen molar-refractivity contribution in [1.29, 1.82) is 0 Å². The van der Waals surface area contributed by atoms with Crippen LogP contribution in [0.5, 0.6) is 0 Å². The Kier molecular flexibility index (Phi) is 6.01. The molecule has 0 bridgehead atoms. The highest BCUT2D eigenvalue weighted by Crippen LogP contribution is 2.27. The summed E-state index contributed by atoms with van der Waals surface area (Å²) in [4.78, 5) is 30.5. The molecule has 2 aromatic carbocycles. The molecule has 0 spiro atoms. The summed E-state index contributed by atoms with van der Waals surface area (Å²) in [6.45, 7) is 0.203. The molecule has 2 amide bonds. The van der Waals surface area contributed by atoms with E-state index in [1.807, 2.05) is 0 Å². The van der Waals surface area contributed by atoms with Gasteiger partial charge in [-0.1, -0.05) is 29.8 Å². The highest BCUT2D eigenvalue weighted by Gasteiger charge is 2.17. The molecule has 1 aromatic heterocycles. The smallest absolute Gasteiger partial charge is 0.274 e. The normalized spacial score (nSPS) is 10.4. The van der Waals surface area contributed by atoms with Gasteiger partial charge in [-0.15, -0.1) is 0 Å². The maximum absolute atomic E-state index is 13.1. The highest BCUT2D eigenvalue weighted by atomic mass is 35.5. The van der Waals surface area contributed by atoms with Gasteiger partial charge in [0.25, 0.3) is 11.8 Å². The summed E-state index contributed by atoms with van der Waals surface area (Å²) in [5, 5.41) is 3.12. The SMILES string of the molecule is CN(Cc1cccc(Cl)c1NC(=O)c1ccccn1)C(=O)c1ccc(F)cc1. The van der Waals surface area contributed by atoms with Crippen LogP contribution in [0.2, 0.25) is 5.02 Å². The molecule has 0 saturated heterocycles. The van der Waals surface area contributed by atoms with Crippen molar-refractivity contribution in [2.75, 3.05) is 12.4 Å². The van der Waals surface area contributed by atoms with Gasteiger partial charge in [-0.05, 0) is 48.0 Å². The summed E-state index contributed by atoms with van der Waals surface area (Å²) in [5.74, 6) is -1.09. The summed E-state index contributed by atoms with van der Waals surface area (Å²) < 4.78 is 13.1. The molecular weight excluding hydrogens is 381 g/mol. The van der Waals surface area contributed by atoms with Crippen molar-refractivity contribution in [3.8, 4) is 0 Å². The number of hydrogen-bond donors (Lipinski definition) is 1. The molecule has 0 aliphatic carbocycles. The van der Waals surface area contributed by atoms with Gasteiger partial charge >= 0.3 is 0 Å². The lowest BCUT2D eigenvalue weighted by Crippen LogP contribution is -2.27. The third kappa shape index (κ3) is 4.53. The van der Waals surface area contributed by atoms with Gasteiger partial charge in [0.2, 0.25) is 0 Å². The summed E-state index contributed by atoms with van der Waals surface area (Å²) in [5.41, 5.74) is 1.70. The first-order valence-corrected chi connectivity index (χ1v) is 8.84. The molecule has 0 fully saturated rings. The lowest BCUT2D eigenvalue weighted by molar-refractivity contribution is 0.0785. The van der Waals surface area contributed by atoms with Gasteiger partial charge in [0, 0.05) is 25.4 Å². The first-order chi connectivity index (χ1) is 13.5. The quantitative estimate of drug-likeness (QED) is 0.694. The molecule has 7 heteroatoms. The lowest BCUT2D eigenvalue weighted by Gasteiger charge is -2.20. The minimum Gasteiger partial charge on any atom is -0.337 e. The van der Waals surface area contributed by atoms with Crippen molar-refractivity contribution in [3.05, 3.63) is 94.5 Å². The van der Waals surface area contributed by atoms with Gasteiger partial charge in [-0.25, -0.2) is 4.39 Å². The van der Waals surface area contributed by atoms with E-state index in [4.69, 9.17) is 11.6 Å². The largest absolute Gasteiger partial charge is 0.337 e. The molecule has 0 aliphatic rings. The third-order valence-electron chi connectivity index (χ3n) is 4.08. The lowest BCUT2D eigenvalue weighted by atomic mass is 10.1. The van der Waals surface area contributed by atoms with Crippen LogP contribution >= 0.6 is 11.6 Å². The minimum atomic E-state index is -0.409. The number of halogens is 2. The number of nitrogens with one attached hydrogen (secondary N) is 1. The van der Waals surface area contributed by atoms with Crippen molar-refractivity contribution >= 4 is 29.1 Å². The fourth-order valence-electron chi connectivity index (χ4n) is 2.66. The van der Waals surface area contributed by atoms with Crippen LogP contribution in [0.15, 0.2) is 66.9 Å². The maximum Gasteiger partial charge on any atom is 0.274 e. The second-order valence-corrected chi connectivity index (χ2v) is 6.52. The number of carbonyl (C=O) groups is 2. The van der Waals surface area contributed by atoms with Crippen molar-refractivity contribution in [2.24, 2.45) is 0 Å². The topological polar surface area (TPSA) is 62.3 Å². The van der Waals surface area contributed by atoms with E-state index in [0.717, 1.165) is 0 Å². The number of anilines is 1. The predicted octanol–water partition coefficient (Wildman–Crippen LogP) is 4.40. The van der Waals surface area contributed by atoms with E-state index in [-0.39, 0.29) is 18.1 Å². The van der Waals surface area contributed by atoms with Crippen molar-refractivity contribution < 1.29 is 14.0 Å². The van der Waals surface area contributed by atoms with E-state index >= 15 is 0 Å². The number of carbonyl (C=O) groups excluding carboxylic acids is 2. The average molecular weight is 398 g/mol. The second kappa shape index (κ2) is 8.63. The van der Waals surface area contributed by atoms with E-state index in [1.54, 1.807) is 43.4 Å². The van der Waals surface area contributed by atoms with Gasteiger partial charge in [0.05, 0.1) is 10.7 Å². The third-order valence-corrected chi connectivity index (χ3v) is 4.40. The molecule has 0 saturated carbocycles. The Hall–Kier alpha value is -3.25. The number of pyridine rings is 1. The molecule has 142 valence electrons. The van der Waals surface area contributed by atoms with Crippen LogP contribution in [-0.2, 0) is 6.54 Å². The van der Waals surface area contributed by atoms with E-state index in [1.165, 1.54) is 35.4 Å². The number of hydrogen-bond acceptors (Lipinski definition) is 3. The highest BCUT2D eigenvalue weighted by molar-refractivity contribution is 6.34.